The van der Waals surface area contributed by atoms with Crippen LogP contribution in [0, 0.1) is 11.7 Å². The van der Waals surface area contributed by atoms with E-state index in [-0.39, 0.29) is 11.9 Å². The Balaban J connectivity index is 2.23. The van der Waals surface area contributed by atoms with E-state index in [1.165, 1.54) is 12.1 Å². The van der Waals surface area contributed by atoms with Gasteiger partial charge in [0.05, 0.1) is 7.11 Å². The third-order valence-corrected chi connectivity index (χ3v) is 3.49. The zero-order valence-corrected chi connectivity index (χ0v) is 10.3. The molecule has 4 heteroatoms. The fourth-order valence-corrected chi connectivity index (χ4v) is 2.48. The highest BCUT2D eigenvalue weighted by Crippen LogP contribution is 2.33. The first-order chi connectivity index (χ1) is 8.11. The van der Waals surface area contributed by atoms with E-state index in [0.29, 0.717) is 11.7 Å². The van der Waals surface area contributed by atoms with Crippen molar-refractivity contribution in [1.82, 2.24) is 4.90 Å². The topological polar surface area (TPSA) is 38.5 Å². The Kier molecular flexibility index (Phi) is 3.64. The zero-order valence-electron chi connectivity index (χ0n) is 10.3. The van der Waals surface area contributed by atoms with Crippen molar-refractivity contribution in [3.8, 4) is 5.75 Å². The summed E-state index contributed by atoms with van der Waals surface area (Å²) < 4.78 is 18.5. The molecule has 2 unspecified atom stereocenters. The van der Waals surface area contributed by atoms with Crippen molar-refractivity contribution < 1.29 is 9.13 Å². The number of likely N-dealkylation sites (tertiary alicyclic amines) is 1. The average Bonchev–Trinajstić information content (AvgIpc) is 2.75. The van der Waals surface area contributed by atoms with Crippen LogP contribution in [0.25, 0.3) is 0 Å². The third kappa shape index (κ3) is 2.58. The number of ether oxygens (including phenoxy) is 1. The Morgan fingerprint density at radius 1 is 1.53 bits per heavy atom. The van der Waals surface area contributed by atoms with Gasteiger partial charge in [-0.15, -0.1) is 0 Å². The van der Waals surface area contributed by atoms with Crippen LogP contribution in [0.1, 0.15) is 18.0 Å². The molecule has 0 spiro atoms. The lowest BCUT2D eigenvalue weighted by Gasteiger charge is -2.21. The molecule has 2 rings (SSSR count). The van der Waals surface area contributed by atoms with E-state index in [2.05, 4.69) is 11.9 Å². The molecule has 0 saturated carbocycles. The van der Waals surface area contributed by atoms with Crippen molar-refractivity contribution >= 4 is 0 Å². The van der Waals surface area contributed by atoms with Gasteiger partial charge in [-0.3, -0.25) is 0 Å². The standard InChI is InChI=1S/C13H19FN2O/c1-16-6-5-9(8-16)13(15)11-7-10(14)3-4-12(11)17-2/h3-4,7,9,13H,5-6,8,15H2,1-2H3. The molecule has 1 aliphatic heterocycles. The minimum Gasteiger partial charge on any atom is -0.496 e. The molecule has 0 radical (unpaired) electrons. The van der Waals surface area contributed by atoms with Gasteiger partial charge in [0.1, 0.15) is 11.6 Å². The van der Waals surface area contributed by atoms with Crippen molar-refractivity contribution in [1.29, 1.82) is 0 Å². The Bertz CT molecular complexity index is 397. The summed E-state index contributed by atoms with van der Waals surface area (Å²) in [6, 6.07) is 4.37. The van der Waals surface area contributed by atoms with Crippen LogP contribution in [0.4, 0.5) is 4.39 Å². The van der Waals surface area contributed by atoms with Crippen LogP contribution in [0.15, 0.2) is 18.2 Å². The molecular weight excluding hydrogens is 219 g/mol. The molecule has 1 heterocycles. The first-order valence-corrected chi connectivity index (χ1v) is 5.89. The van der Waals surface area contributed by atoms with Gasteiger partial charge in [-0.25, -0.2) is 4.39 Å². The second kappa shape index (κ2) is 5.02. The molecule has 1 fully saturated rings. The monoisotopic (exact) mass is 238 g/mol. The van der Waals surface area contributed by atoms with Crippen LogP contribution in [-0.2, 0) is 0 Å². The molecule has 94 valence electrons. The first kappa shape index (κ1) is 12.3. The quantitative estimate of drug-likeness (QED) is 0.872. The van der Waals surface area contributed by atoms with Crippen LogP contribution in [0.5, 0.6) is 5.75 Å². The van der Waals surface area contributed by atoms with Crippen LogP contribution in [-0.4, -0.2) is 32.1 Å². The second-order valence-electron chi connectivity index (χ2n) is 4.72. The fraction of sp³-hybridized carbons (Fsp3) is 0.538. The summed E-state index contributed by atoms with van der Waals surface area (Å²) >= 11 is 0. The number of halogens is 1. The van der Waals surface area contributed by atoms with Gasteiger partial charge >= 0.3 is 0 Å². The van der Waals surface area contributed by atoms with E-state index in [1.54, 1.807) is 13.2 Å². The van der Waals surface area contributed by atoms with Crippen LogP contribution in [0.3, 0.4) is 0 Å². The number of rotatable bonds is 3. The summed E-state index contributed by atoms with van der Waals surface area (Å²) in [4.78, 5) is 2.25. The fourth-order valence-electron chi connectivity index (χ4n) is 2.48. The number of nitrogens with two attached hydrogens (primary N) is 1. The maximum Gasteiger partial charge on any atom is 0.123 e. The largest absolute Gasteiger partial charge is 0.496 e. The van der Waals surface area contributed by atoms with Crippen LogP contribution >= 0.6 is 0 Å². The molecule has 17 heavy (non-hydrogen) atoms. The number of methoxy groups -OCH3 is 1. The molecule has 1 aliphatic rings. The van der Waals surface area contributed by atoms with E-state index in [4.69, 9.17) is 10.5 Å². The summed E-state index contributed by atoms with van der Waals surface area (Å²) in [5, 5.41) is 0. The van der Waals surface area contributed by atoms with Crippen LogP contribution < -0.4 is 10.5 Å². The van der Waals surface area contributed by atoms with Gasteiger partial charge < -0.3 is 15.4 Å². The predicted molar refractivity (Wildman–Crippen MR) is 65.5 cm³/mol. The molecule has 0 aromatic heterocycles. The third-order valence-electron chi connectivity index (χ3n) is 3.49. The Hall–Kier alpha value is -1.13. The molecule has 2 atom stereocenters. The molecule has 1 aromatic rings. The smallest absolute Gasteiger partial charge is 0.123 e. The lowest BCUT2D eigenvalue weighted by molar-refractivity contribution is 0.359. The summed E-state index contributed by atoms with van der Waals surface area (Å²) in [5.74, 6) is 0.784. The van der Waals surface area contributed by atoms with Crippen molar-refractivity contribution in [3.63, 3.8) is 0 Å². The molecule has 1 saturated heterocycles. The highest BCUT2D eigenvalue weighted by atomic mass is 19.1. The van der Waals surface area contributed by atoms with Gasteiger partial charge in [-0.05, 0) is 44.1 Å². The van der Waals surface area contributed by atoms with Crippen LogP contribution in [0.2, 0.25) is 0 Å². The van der Waals surface area contributed by atoms with E-state index in [0.717, 1.165) is 25.1 Å². The molecule has 3 nitrogen and oxygen atoms in total. The molecular formula is C13H19FN2O. The Labute approximate surface area is 101 Å². The Morgan fingerprint density at radius 3 is 2.88 bits per heavy atom. The van der Waals surface area contributed by atoms with E-state index < -0.39 is 0 Å². The van der Waals surface area contributed by atoms with Crippen molar-refractivity contribution in [2.75, 3.05) is 27.2 Å². The van der Waals surface area contributed by atoms with Gasteiger partial charge in [0.15, 0.2) is 0 Å². The molecule has 1 aromatic carbocycles. The van der Waals surface area contributed by atoms with Gasteiger partial charge in [0.2, 0.25) is 0 Å². The summed E-state index contributed by atoms with van der Waals surface area (Å²) in [6.45, 7) is 2.01. The summed E-state index contributed by atoms with van der Waals surface area (Å²) in [5.41, 5.74) is 7.01. The average molecular weight is 238 g/mol. The maximum atomic E-state index is 13.3. The van der Waals surface area contributed by atoms with E-state index in [1.807, 2.05) is 0 Å². The minimum absolute atomic E-state index is 0.161. The van der Waals surface area contributed by atoms with E-state index >= 15 is 0 Å². The minimum atomic E-state index is -0.261. The van der Waals surface area contributed by atoms with Crippen molar-refractivity contribution in [3.05, 3.63) is 29.6 Å². The van der Waals surface area contributed by atoms with Gasteiger partial charge in [0.25, 0.3) is 0 Å². The Morgan fingerprint density at radius 2 is 2.29 bits per heavy atom. The zero-order chi connectivity index (χ0) is 12.4. The molecule has 0 aliphatic carbocycles. The number of nitrogens with zero attached hydrogens (tertiary/aromatic N) is 1. The van der Waals surface area contributed by atoms with E-state index in [9.17, 15) is 4.39 Å². The van der Waals surface area contributed by atoms with Crippen molar-refractivity contribution in [2.45, 2.75) is 12.5 Å². The van der Waals surface area contributed by atoms with Gasteiger partial charge in [0, 0.05) is 18.2 Å². The molecule has 0 bridgehead atoms. The molecule has 2 N–H and O–H groups in total. The lowest BCUT2D eigenvalue weighted by atomic mass is 9.92. The predicted octanol–water partition coefficient (Wildman–Crippen LogP) is 1.79. The highest BCUT2D eigenvalue weighted by molar-refractivity contribution is 5.36. The number of hydrogen-bond acceptors (Lipinski definition) is 3. The normalized spacial score (nSPS) is 22.7. The number of benzene rings is 1. The second-order valence-corrected chi connectivity index (χ2v) is 4.72. The lowest BCUT2D eigenvalue weighted by Crippen LogP contribution is -2.24. The summed E-state index contributed by atoms with van der Waals surface area (Å²) in [7, 11) is 3.67. The SMILES string of the molecule is COc1ccc(F)cc1C(N)C1CCN(C)C1. The molecule has 0 amide bonds. The summed E-state index contributed by atoms with van der Waals surface area (Å²) in [6.07, 6.45) is 1.05. The van der Waals surface area contributed by atoms with Gasteiger partial charge in [-0.1, -0.05) is 0 Å². The highest BCUT2D eigenvalue weighted by Gasteiger charge is 2.28. The van der Waals surface area contributed by atoms with Crippen molar-refractivity contribution in [2.24, 2.45) is 11.7 Å². The van der Waals surface area contributed by atoms with Gasteiger partial charge in [-0.2, -0.15) is 0 Å². The first-order valence-electron chi connectivity index (χ1n) is 5.89. The number of hydrogen-bond donors (Lipinski definition) is 1. The maximum absolute atomic E-state index is 13.3.